The van der Waals surface area contributed by atoms with Gasteiger partial charge in [0.2, 0.25) is 0 Å². The van der Waals surface area contributed by atoms with E-state index in [1.807, 2.05) is 0 Å². The Morgan fingerprint density at radius 1 is 1.03 bits per heavy atom. The molecule has 1 aliphatic heterocycles. The van der Waals surface area contributed by atoms with Crippen molar-refractivity contribution in [2.45, 2.75) is 44.1 Å². The van der Waals surface area contributed by atoms with Gasteiger partial charge in [-0.1, -0.05) is 6.07 Å². The number of aromatic amines is 1. The highest BCUT2D eigenvalue weighted by Gasteiger charge is 2.24. The van der Waals surface area contributed by atoms with E-state index in [1.54, 1.807) is 0 Å². The van der Waals surface area contributed by atoms with Gasteiger partial charge < -0.3 is 25.1 Å². The predicted octanol–water partition coefficient (Wildman–Crippen LogP) is 4.68. The van der Waals surface area contributed by atoms with Crippen molar-refractivity contribution in [3.63, 3.8) is 0 Å². The van der Waals surface area contributed by atoms with Gasteiger partial charge >= 0.3 is 0 Å². The number of hydrogen-bond donors (Lipinski definition) is 3. The second kappa shape index (κ2) is 8.19. The van der Waals surface area contributed by atoms with E-state index in [2.05, 4.69) is 82.8 Å². The number of rotatable bonds is 4. The summed E-state index contributed by atoms with van der Waals surface area (Å²) in [6.07, 6.45) is 8.09. The Balaban J connectivity index is 1.27. The lowest BCUT2D eigenvalue weighted by Gasteiger charge is -2.28. The zero-order valence-electron chi connectivity index (χ0n) is 19.9. The molecule has 172 valence electrons. The fourth-order valence-corrected chi connectivity index (χ4v) is 5.98. The Hall–Kier alpha value is -2.83. The van der Waals surface area contributed by atoms with Gasteiger partial charge in [-0.05, 0) is 101 Å². The fraction of sp³-hybridized carbons (Fsp3) is 0.444. The largest absolute Gasteiger partial charge is 0.361 e. The lowest BCUT2D eigenvalue weighted by Crippen LogP contribution is -2.31. The van der Waals surface area contributed by atoms with Crippen molar-refractivity contribution in [1.29, 1.82) is 0 Å². The molecule has 0 amide bonds. The minimum atomic E-state index is 0.563. The highest BCUT2D eigenvalue weighted by atomic mass is 15.1. The maximum atomic E-state index is 5.01. The predicted molar refractivity (Wildman–Crippen MR) is 137 cm³/mol. The van der Waals surface area contributed by atoms with E-state index >= 15 is 0 Å². The first-order valence-corrected chi connectivity index (χ1v) is 12.3. The highest BCUT2D eigenvalue weighted by molar-refractivity contribution is 5.88. The molecule has 1 saturated heterocycles. The molecule has 3 N–H and O–H groups in total. The van der Waals surface area contributed by atoms with Crippen molar-refractivity contribution in [2.75, 3.05) is 32.5 Å². The van der Waals surface area contributed by atoms with Crippen LogP contribution < -0.4 is 10.6 Å². The first kappa shape index (κ1) is 20.8. The molecule has 33 heavy (non-hydrogen) atoms. The molecule has 1 unspecified atom stereocenters. The second-order valence-corrected chi connectivity index (χ2v) is 9.99. The van der Waals surface area contributed by atoms with Crippen molar-refractivity contribution in [1.82, 2.24) is 24.8 Å². The molecule has 0 saturated carbocycles. The third-order valence-electron chi connectivity index (χ3n) is 8.00. The Kier molecular flexibility index (Phi) is 5.15. The molecule has 1 atom stereocenters. The molecular weight excluding hydrogens is 408 g/mol. The van der Waals surface area contributed by atoms with Crippen LogP contribution in [0.3, 0.4) is 0 Å². The lowest BCUT2D eigenvalue weighted by molar-refractivity contribution is 0.256. The Morgan fingerprint density at radius 3 is 2.67 bits per heavy atom. The van der Waals surface area contributed by atoms with Crippen LogP contribution in [0.15, 0.2) is 36.5 Å². The summed E-state index contributed by atoms with van der Waals surface area (Å²) in [6.45, 7) is 2.37. The number of likely N-dealkylation sites (tertiary alicyclic amines) is 1. The molecule has 0 spiro atoms. The number of anilines is 2. The van der Waals surface area contributed by atoms with Crippen molar-refractivity contribution in [3.05, 3.63) is 53.3 Å². The summed E-state index contributed by atoms with van der Waals surface area (Å²) in [7, 11) is 6.45. The maximum Gasteiger partial charge on any atom is 0.142 e. The zero-order chi connectivity index (χ0) is 22.5. The number of benzene rings is 1. The average molecular weight is 443 g/mol. The summed E-state index contributed by atoms with van der Waals surface area (Å²) in [6, 6.07) is 11.6. The maximum absolute atomic E-state index is 5.01. The summed E-state index contributed by atoms with van der Waals surface area (Å²) >= 11 is 0. The number of nitrogens with zero attached hydrogens (tertiary/aromatic N) is 3. The van der Waals surface area contributed by atoms with Gasteiger partial charge in [0.1, 0.15) is 11.5 Å². The molecule has 4 heterocycles. The number of fused-ring (bicyclic) bond motifs is 4. The molecule has 0 radical (unpaired) electrons. The van der Waals surface area contributed by atoms with Gasteiger partial charge in [-0.2, -0.15) is 0 Å². The number of piperidine rings is 1. The van der Waals surface area contributed by atoms with Crippen LogP contribution in [-0.2, 0) is 19.9 Å². The zero-order valence-corrected chi connectivity index (χ0v) is 19.9. The molecular formula is C27H34N6. The number of likely N-dealkylation sites (N-methyl/N-ethyl adjacent to an activating group) is 1. The van der Waals surface area contributed by atoms with E-state index < -0.39 is 0 Å². The summed E-state index contributed by atoms with van der Waals surface area (Å²) < 4.78 is 2.30. The number of nitrogens with one attached hydrogen (secondary N) is 3. The normalized spacial score (nSPS) is 19.9. The third kappa shape index (κ3) is 3.62. The van der Waals surface area contributed by atoms with Crippen molar-refractivity contribution in [2.24, 2.45) is 7.05 Å². The number of aryl methyl sites for hydroxylation is 1. The highest BCUT2D eigenvalue weighted by Crippen LogP contribution is 2.35. The van der Waals surface area contributed by atoms with Gasteiger partial charge in [-0.25, -0.2) is 4.98 Å². The number of pyridine rings is 1. The average Bonchev–Trinajstić information content (AvgIpc) is 3.38. The first-order chi connectivity index (χ1) is 16.1. The van der Waals surface area contributed by atoms with Crippen molar-refractivity contribution >= 4 is 33.4 Å². The van der Waals surface area contributed by atoms with Gasteiger partial charge in [0, 0.05) is 47.0 Å². The molecule has 0 bridgehead atoms. The van der Waals surface area contributed by atoms with E-state index in [9.17, 15) is 0 Å². The van der Waals surface area contributed by atoms with Crippen LogP contribution in [0.25, 0.3) is 21.9 Å². The summed E-state index contributed by atoms with van der Waals surface area (Å²) in [5.41, 5.74) is 7.72. The molecule has 6 rings (SSSR count). The topological polar surface area (TPSA) is 60.9 Å². The summed E-state index contributed by atoms with van der Waals surface area (Å²) in [4.78, 5) is 11.0. The number of H-pyrrole nitrogens is 1. The van der Waals surface area contributed by atoms with Gasteiger partial charge in [-0.3, -0.25) is 0 Å². The minimum Gasteiger partial charge on any atom is -0.361 e. The van der Waals surface area contributed by atoms with E-state index in [0.29, 0.717) is 12.0 Å². The van der Waals surface area contributed by atoms with E-state index in [4.69, 9.17) is 4.98 Å². The lowest BCUT2D eigenvalue weighted by atomic mass is 9.89. The second-order valence-electron chi connectivity index (χ2n) is 9.99. The molecule has 6 heteroatoms. The van der Waals surface area contributed by atoms with Crippen LogP contribution in [0.4, 0.5) is 11.5 Å². The van der Waals surface area contributed by atoms with E-state index in [1.165, 1.54) is 65.5 Å². The number of hydrogen-bond acceptors (Lipinski definition) is 4. The minimum absolute atomic E-state index is 0.563. The Bertz CT molecular complexity index is 1310. The standard InChI is InChI=1S/C27H34N6/c1-28-18-5-8-25-22(14-18)21-7-9-26(31-27(21)33(25)3)30-19-4-6-20-23(16-29-24(20)15-19)17-10-12-32(2)13-11-17/h4,6-7,9,15-18,28-29H,5,8,10-14H2,1-3H3,(H,30,31). The third-order valence-corrected chi connectivity index (χ3v) is 8.00. The monoisotopic (exact) mass is 442 g/mol. The van der Waals surface area contributed by atoms with Crippen LogP contribution in [0, 0.1) is 0 Å². The molecule has 2 aliphatic rings. The van der Waals surface area contributed by atoms with Crippen LogP contribution >= 0.6 is 0 Å². The Labute approximate surface area is 195 Å². The molecule has 1 aliphatic carbocycles. The molecule has 1 fully saturated rings. The van der Waals surface area contributed by atoms with E-state index in [0.717, 1.165) is 30.0 Å². The summed E-state index contributed by atoms with van der Waals surface area (Å²) in [5.74, 6) is 1.55. The van der Waals surface area contributed by atoms with Crippen molar-refractivity contribution in [3.8, 4) is 0 Å². The Morgan fingerprint density at radius 2 is 1.85 bits per heavy atom. The number of aromatic nitrogens is 3. The van der Waals surface area contributed by atoms with Gasteiger partial charge in [-0.15, -0.1) is 0 Å². The fourth-order valence-electron chi connectivity index (χ4n) is 5.98. The molecule has 1 aromatic carbocycles. The summed E-state index contributed by atoms with van der Waals surface area (Å²) in [5, 5.41) is 9.65. The van der Waals surface area contributed by atoms with Crippen LogP contribution in [0.1, 0.15) is 42.0 Å². The van der Waals surface area contributed by atoms with Gasteiger partial charge in [0.05, 0.1) is 0 Å². The molecule has 4 aromatic rings. The quantitative estimate of drug-likeness (QED) is 0.429. The first-order valence-electron chi connectivity index (χ1n) is 12.3. The SMILES string of the molecule is CNC1CCc2c(c3ccc(Nc4ccc5c(C6CCN(C)CC6)c[nH]c5c4)nc3n2C)C1. The van der Waals surface area contributed by atoms with Gasteiger partial charge in [0.15, 0.2) is 0 Å². The van der Waals surface area contributed by atoms with Gasteiger partial charge in [0.25, 0.3) is 0 Å². The van der Waals surface area contributed by atoms with Crippen molar-refractivity contribution < 1.29 is 0 Å². The smallest absolute Gasteiger partial charge is 0.142 e. The van der Waals surface area contributed by atoms with Crippen LogP contribution in [-0.4, -0.2) is 52.7 Å². The van der Waals surface area contributed by atoms with E-state index in [-0.39, 0.29) is 0 Å². The van der Waals surface area contributed by atoms with Crippen LogP contribution in [0.2, 0.25) is 0 Å². The molecule has 3 aromatic heterocycles. The van der Waals surface area contributed by atoms with Crippen LogP contribution in [0.5, 0.6) is 0 Å². The molecule has 6 nitrogen and oxygen atoms in total.